The summed E-state index contributed by atoms with van der Waals surface area (Å²) < 4.78 is 5.92. The van der Waals surface area contributed by atoms with Crippen LogP contribution in [-0.2, 0) is 14.3 Å². The Balaban J connectivity index is 4.67. The summed E-state index contributed by atoms with van der Waals surface area (Å²) in [4.78, 5) is 26.2. The van der Waals surface area contributed by atoms with E-state index in [1.165, 1.54) is 96.3 Å². The third kappa shape index (κ3) is 47.3. The second-order valence-electron chi connectivity index (χ2n) is 18.4. The zero-order chi connectivity index (χ0) is 48.1. The van der Waals surface area contributed by atoms with E-state index in [-0.39, 0.29) is 24.9 Å². The lowest BCUT2D eigenvalue weighted by Crippen LogP contribution is -2.46. The van der Waals surface area contributed by atoms with Crippen molar-refractivity contribution in [3.63, 3.8) is 0 Å². The first kappa shape index (κ1) is 62.8. The lowest BCUT2D eigenvalue weighted by molar-refractivity contribution is -0.151. The molecule has 3 unspecified atom stereocenters. The number of allylic oxidation sites excluding steroid dienone is 16. The maximum Gasteiger partial charge on any atom is 0.306 e. The van der Waals surface area contributed by atoms with Gasteiger partial charge in [0.25, 0.3) is 0 Å². The number of rotatable bonds is 48. The van der Waals surface area contributed by atoms with Gasteiger partial charge in [-0.1, -0.05) is 253 Å². The minimum absolute atomic E-state index is 0.0352. The molecule has 378 valence electrons. The van der Waals surface area contributed by atoms with Crippen LogP contribution in [0, 0.1) is 0 Å². The number of aliphatic hydroxyl groups is 2. The van der Waals surface area contributed by atoms with Crippen molar-refractivity contribution in [3.8, 4) is 0 Å². The molecule has 0 saturated carbocycles. The smallest absolute Gasteiger partial charge is 0.306 e. The molecule has 0 aliphatic heterocycles. The second kappa shape index (κ2) is 52.7. The van der Waals surface area contributed by atoms with Crippen LogP contribution in [0.3, 0.4) is 0 Å². The van der Waals surface area contributed by atoms with Gasteiger partial charge in [-0.15, -0.1) is 0 Å². The number of carbonyl (C=O) groups excluding carboxylic acids is 2. The Morgan fingerprint density at radius 1 is 0.470 bits per heavy atom. The Morgan fingerprint density at radius 3 is 1.45 bits per heavy atom. The lowest BCUT2D eigenvalue weighted by Gasteiger charge is -2.24. The molecule has 0 aromatic carbocycles. The van der Waals surface area contributed by atoms with Crippen molar-refractivity contribution < 1.29 is 24.5 Å². The van der Waals surface area contributed by atoms with Gasteiger partial charge in [0.15, 0.2) is 0 Å². The van der Waals surface area contributed by atoms with Gasteiger partial charge in [0.05, 0.1) is 25.2 Å². The predicted octanol–water partition coefficient (Wildman–Crippen LogP) is 16.9. The first-order valence-electron chi connectivity index (χ1n) is 27.5. The highest BCUT2D eigenvalue weighted by Crippen LogP contribution is 2.17. The molecule has 0 fully saturated rings. The predicted molar refractivity (Wildman–Crippen MR) is 287 cm³/mol. The molecule has 3 N–H and O–H groups in total. The largest absolute Gasteiger partial charge is 0.462 e. The van der Waals surface area contributed by atoms with E-state index >= 15 is 0 Å². The lowest BCUT2D eigenvalue weighted by atomic mass is 10.0. The van der Waals surface area contributed by atoms with E-state index in [1.807, 2.05) is 36.5 Å². The van der Waals surface area contributed by atoms with Crippen LogP contribution in [0.4, 0.5) is 0 Å². The maximum atomic E-state index is 13.2. The van der Waals surface area contributed by atoms with Gasteiger partial charge in [-0.25, -0.2) is 0 Å². The van der Waals surface area contributed by atoms with Crippen molar-refractivity contribution in [2.24, 2.45) is 0 Å². The molecular weight excluding hydrogens is 815 g/mol. The Morgan fingerprint density at radius 2 is 0.909 bits per heavy atom. The van der Waals surface area contributed by atoms with E-state index in [0.29, 0.717) is 19.3 Å². The number of hydrogen-bond acceptors (Lipinski definition) is 5. The zero-order valence-electron chi connectivity index (χ0n) is 43.0. The maximum absolute atomic E-state index is 13.2. The van der Waals surface area contributed by atoms with Gasteiger partial charge < -0.3 is 20.3 Å². The standard InChI is InChI=1S/C60H103NO5/c1-4-7-10-13-16-19-22-25-28-30-32-34-37-40-43-46-49-52-58(63)57(55-62)61-59(64)54-56(51-48-45-42-39-36-33-31-29-26-23-20-17-14-11-8-5-2)66-60(65)53-50-47-44-41-38-35-27-24-21-18-15-12-9-6-3/h9,11-12,14,17-18,20-21,23,26-27,29,31,33,35-36,56-58,62-63H,4-8,10,13,15-16,19,22,24-25,28,30,32,34,37-55H2,1-3H3,(H,61,64)/b12-9+,14-11+,20-17+,21-18+,26-23+,31-29+,35-27+,36-33+. The van der Waals surface area contributed by atoms with Gasteiger partial charge in [0.1, 0.15) is 6.10 Å². The molecule has 0 bridgehead atoms. The highest BCUT2D eigenvalue weighted by Gasteiger charge is 2.24. The van der Waals surface area contributed by atoms with Gasteiger partial charge >= 0.3 is 5.97 Å². The molecule has 0 aliphatic carbocycles. The molecule has 6 nitrogen and oxygen atoms in total. The van der Waals surface area contributed by atoms with Crippen LogP contribution in [0.25, 0.3) is 0 Å². The van der Waals surface area contributed by atoms with Crippen molar-refractivity contribution >= 4 is 11.9 Å². The Hall–Kier alpha value is -3.22. The topological polar surface area (TPSA) is 95.9 Å². The van der Waals surface area contributed by atoms with Crippen LogP contribution in [0.5, 0.6) is 0 Å². The molecule has 0 aromatic heterocycles. The van der Waals surface area contributed by atoms with Crippen molar-refractivity contribution in [2.45, 2.75) is 264 Å². The molecule has 66 heavy (non-hydrogen) atoms. The highest BCUT2D eigenvalue weighted by atomic mass is 16.5. The van der Waals surface area contributed by atoms with Gasteiger partial charge in [-0.3, -0.25) is 9.59 Å². The van der Waals surface area contributed by atoms with Crippen LogP contribution in [-0.4, -0.2) is 46.9 Å². The van der Waals surface area contributed by atoms with E-state index in [2.05, 4.69) is 86.8 Å². The number of ether oxygens (including phenoxy) is 1. The summed E-state index contributed by atoms with van der Waals surface area (Å²) in [5.41, 5.74) is 0. The van der Waals surface area contributed by atoms with E-state index in [9.17, 15) is 19.8 Å². The third-order valence-corrected chi connectivity index (χ3v) is 12.0. The van der Waals surface area contributed by atoms with Gasteiger partial charge in [-0.05, 0) is 77.0 Å². The molecule has 6 heteroatoms. The highest BCUT2D eigenvalue weighted by molar-refractivity contribution is 5.77. The summed E-state index contributed by atoms with van der Waals surface area (Å²) in [6, 6.07) is -0.727. The van der Waals surface area contributed by atoms with E-state index in [0.717, 1.165) is 103 Å². The molecule has 0 radical (unpaired) electrons. The fourth-order valence-corrected chi connectivity index (χ4v) is 7.89. The minimum atomic E-state index is -0.810. The van der Waals surface area contributed by atoms with Gasteiger partial charge in [0, 0.05) is 6.42 Å². The van der Waals surface area contributed by atoms with Gasteiger partial charge in [-0.2, -0.15) is 0 Å². The fraction of sp³-hybridized carbons (Fsp3) is 0.700. The van der Waals surface area contributed by atoms with Crippen LogP contribution in [0.15, 0.2) is 97.2 Å². The van der Waals surface area contributed by atoms with Crippen LogP contribution in [0.2, 0.25) is 0 Å². The van der Waals surface area contributed by atoms with Gasteiger partial charge in [0.2, 0.25) is 5.91 Å². The first-order valence-corrected chi connectivity index (χ1v) is 27.5. The summed E-state index contributed by atoms with van der Waals surface area (Å²) in [5.74, 6) is -0.546. The average molecular weight is 918 g/mol. The summed E-state index contributed by atoms with van der Waals surface area (Å²) in [6.07, 6.45) is 70.4. The van der Waals surface area contributed by atoms with Crippen molar-refractivity contribution in [1.29, 1.82) is 0 Å². The van der Waals surface area contributed by atoms with Crippen LogP contribution >= 0.6 is 0 Å². The third-order valence-electron chi connectivity index (χ3n) is 12.0. The number of carbonyl (C=O) groups is 2. The SMILES string of the molecule is CC/C=C/C/C=C/C/C=C/CCCCCCC(=O)OC(CCCCC/C=C/C=C/C=C/C=C/C=C/CCC)CC(=O)NC(CO)C(O)CCCCCCCCCCCCCCCCCCC. The number of unbranched alkanes of at least 4 members (excludes halogenated alkanes) is 24. The molecular formula is C60H103NO5. The Labute approximate surface area is 407 Å². The normalized spacial score (nSPS) is 14.0. The summed E-state index contributed by atoms with van der Waals surface area (Å²) in [6.45, 7) is 6.27. The number of amides is 1. The van der Waals surface area contributed by atoms with Crippen molar-refractivity contribution in [3.05, 3.63) is 97.2 Å². The number of esters is 1. The van der Waals surface area contributed by atoms with E-state index < -0.39 is 18.2 Å². The average Bonchev–Trinajstić information content (AvgIpc) is 3.31. The van der Waals surface area contributed by atoms with E-state index in [1.54, 1.807) is 0 Å². The molecule has 0 saturated heterocycles. The van der Waals surface area contributed by atoms with E-state index in [4.69, 9.17) is 4.74 Å². The van der Waals surface area contributed by atoms with Crippen LogP contribution in [0.1, 0.15) is 245 Å². The molecule has 1 amide bonds. The zero-order valence-corrected chi connectivity index (χ0v) is 43.0. The fourth-order valence-electron chi connectivity index (χ4n) is 7.89. The second-order valence-corrected chi connectivity index (χ2v) is 18.4. The number of hydrogen-bond donors (Lipinski definition) is 3. The number of nitrogens with one attached hydrogen (secondary N) is 1. The summed E-state index contributed by atoms with van der Waals surface area (Å²) in [5, 5.41) is 23.9. The first-order chi connectivity index (χ1) is 32.5. The van der Waals surface area contributed by atoms with Crippen molar-refractivity contribution in [1.82, 2.24) is 5.32 Å². The van der Waals surface area contributed by atoms with Crippen LogP contribution < -0.4 is 5.32 Å². The minimum Gasteiger partial charge on any atom is -0.462 e. The summed E-state index contributed by atoms with van der Waals surface area (Å²) >= 11 is 0. The molecule has 3 atom stereocenters. The molecule has 0 aliphatic rings. The van der Waals surface area contributed by atoms with Crippen molar-refractivity contribution in [2.75, 3.05) is 6.61 Å². The Kier molecular flexibility index (Phi) is 50.2. The quantitative estimate of drug-likeness (QED) is 0.0245. The molecule has 0 spiro atoms. The molecule has 0 rings (SSSR count). The number of aliphatic hydroxyl groups excluding tert-OH is 2. The molecule has 0 aromatic rings. The summed E-state index contributed by atoms with van der Waals surface area (Å²) in [7, 11) is 0. The Bertz CT molecular complexity index is 1310. The molecule has 0 heterocycles. The monoisotopic (exact) mass is 918 g/mol.